The third-order valence-electron chi connectivity index (χ3n) is 13.8. The molecule has 0 aliphatic carbocycles. The fraction of sp³-hybridized carbons (Fsp3) is 0.0161. The lowest BCUT2D eigenvalue weighted by atomic mass is 9.98. The summed E-state index contributed by atoms with van der Waals surface area (Å²) in [6.07, 6.45) is 3.69. The quantitative estimate of drug-likeness (QED) is 0.153. The van der Waals surface area contributed by atoms with Crippen molar-refractivity contribution in [2.24, 2.45) is 5.10 Å². The molecule has 14 rings (SSSR count). The molecule has 2 aliphatic heterocycles. The molecule has 0 unspecified atom stereocenters. The minimum Gasteiger partial charge on any atom is -0.455 e. The Bertz CT molecular complexity index is 4220. The van der Waals surface area contributed by atoms with Crippen LogP contribution in [-0.2, 0) is 0 Å². The monoisotopic (exact) mass is 904 g/mol. The molecule has 12 aromatic rings. The van der Waals surface area contributed by atoms with Gasteiger partial charge in [0.15, 0.2) is 23.0 Å². The predicted molar refractivity (Wildman–Crippen MR) is 286 cm³/mol. The van der Waals surface area contributed by atoms with Crippen molar-refractivity contribution in [3.8, 4) is 45.3 Å². The zero-order valence-corrected chi connectivity index (χ0v) is 37.9. The van der Waals surface area contributed by atoms with Gasteiger partial charge in [-0.25, -0.2) is 4.68 Å². The van der Waals surface area contributed by atoms with Crippen LogP contribution >= 0.6 is 0 Å². The Hall–Kier alpha value is -9.53. The van der Waals surface area contributed by atoms with Gasteiger partial charge < -0.3 is 23.6 Å². The minimum atomic E-state index is 0.579. The Morgan fingerprint density at radius 2 is 1.13 bits per heavy atom. The number of hydrogen-bond donors (Lipinski definition) is 1. The minimum absolute atomic E-state index is 0.579. The van der Waals surface area contributed by atoms with Gasteiger partial charge in [-0.15, -0.1) is 0 Å². The molecule has 1 N–H and O–H groups in total. The number of nitrogens with zero attached hydrogens (tertiary/aromatic N) is 3. The number of para-hydroxylation sites is 5. The van der Waals surface area contributed by atoms with Gasteiger partial charge in [0.1, 0.15) is 39.2 Å². The molecular formula is C62H40N4O4. The van der Waals surface area contributed by atoms with E-state index in [1.807, 2.05) is 90.6 Å². The number of benzene rings is 9. The molecule has 0 amide bonds. The van der Waals surface area contributed by atoms with Gasteiger partial charge in [0.25, 0.3) is 0 Å². The molecule has 0 spiro atoms. The lowest BCUT2D eigenvalue weighted by molar-refractivity contribution is 0.449. The van der Waals surface area contributed by atoms with Crippen LogP contribution in [-0.4, -0.2) is 17.4 Å². The van der Waals surface area contributed by atoms with Crippen LogP contribution in [0.5, 0.6) is 23.0 Å². The highest BCUT2D eigenvalue weighted by atomic mass is 16.5. The molecule has 0 bridgehead atoms. The van der Waals surface area contributed by atoms with Gasteiger partial charge in [-0.3, -0.25) is 4.90 Å². The number of ether oxygens (including phenoxy) is 2. The molecule has 0 saturated carbocycles. The first-order chi connectivity index (χ1) is 34.6. The molecule has 8 heteroatoms. The number of hydrogen-bond acceptors (Lipinski definition) is 7. The maximum Gasteiger partial charge on any atom is 0.181 e. The lowest BCUT2D eigenvalue weighted by Gasteiger charge is -2.38. The second-order valence-electron chi connectivity index (χ2n) is 17.5. The van der Waals surface area contributed by atoms with Gasteiger partial charge in [0.2, 0.25) is 0 Å². The molecule has 0 atom stereocenters. The Morgan fingerprint density at radius 1 is 0.543 bits per heavy atom. The highest BCUT2D eigenvalue weighted by Crippen LogP contribution is 2.63. The van der Waals surface area contributed by atoms with Crippen LogP contribution in [0.2, 0.25) is 0 Å². The van der Waals surface area contributed by atoms with Crippen LogP contribution in [0.15, 0.2) is 209 Å². The van der Waals surface area contributed by atoms with E-state index >= 15 is 0 Å². The summed E-state index contributed by atoms with van der Waals surface area (Å²) in [5, 5.41) is 14.1. The molecule has 3 aromatic heterocycles. The normalized spacial score (nSPS) is 12.8. The standard InChI is InChI=1S/C62H40N4O4/c1-4-39-47-35-56-59-62(58(47)66(49(39)5-2)64-57(36-17-7-6-8-18-36)46-21-9-12-26-48(46)63-3)70-55-34-38(41-23-16-25-45-43-20-11-14-28-53(43)69-61(41)45)30-32-51(55)65(59)50-31-29-37(33-54(50)67-56)40-22-15-24-44-42-19-10-13-27-52(42)68-60(40)44/h4-35,63H,1-2H2,3H3/b64-57-. The molecule has 0 saturated heterocycles. The summed E-state index contributed by atoms with van der Waals surface area (Å²) in [7, 11) is 1.93. The molecule has 332 valence electrons. The van der Waals surface area contributed by atoms with Crippen LogP contribution in [0, 0.1) is 0 Å². The SMILES string of the molecule is C=Cc1c(C=C)n(/N=C(/c2ccccc2)c2ccccc2NC)c2c3c4c(cc12)Oc1cc(-c2cccc5c2oc2ccccc25)ccc1N4c1ccc(-c2cccc4c2oc2ccccc24)cc1O3. The zero-order chi connectivity index (χ0) is 46.6. The third kappa shape index (κ3) is 5.74. The first-order valence-corrected chi connectivity index (χ1v) is 23.3. The second-order valence-corrected chi connectivity index (χ2v) is 17.5. The summed E-state index contributed by atoms with van der Waals surface area (Å²) < 4.78 is 29.5. The number of nitrogens with one attached hydrogen (secondary N) is 1. The summed E-state index contributed by atoms with van der Waals surface area (Å²) in [6.45, 7) is 8.68. The molecule has 5 heterocycles. The van der Waals surface area contributed by atoms with Gasteiger partial charge in [-0.1, -0.05) is 153 Å². The topological polar surface area (TPSA) is 77.3 Å². The molecule has 70 heavy (non-hydrogen) atoms. The molecular weight excluding hydrogens is 865 g/mol. The van der Waals surface area contributed by atoms with E-state index in [1.54, 1.807) is 0 Å². The number of fused-ring (bicyclic) bond motifs is 12. The molecule has 8 nitrogen and oxygen atoms in total. The van der Waals surface area contributed by atoms with E-state index in [9.17, 15) is 0 Å². The van der Waals surface area contributed by atoms with Crippen LogP contribution in [0.3, 0.4) is 0 Å². The highest BCUT2D eigenvalue weighted by Gasteiger charge is 2.39. The summed E-state index contributed by atoms with van der Waals surface area (Å²) >= 11 is 0. The van der Waals surface area contributed by atoms with Crippen molar-refractivity contribution in [2.45, 2.75) is 0 Å². The summed E-state index contributed by atoms with van der Waals surface area (Å²) in [5.74, 6) is 2.54. The smallest absolute Gasteiger partial charge is 0.181 e. The van der Waals surface area contributed by atoms with Crippen LogP contribution in [0.1, 0.15) is 22.4 Å². The van der Waals surface area contributed by atoms with E-state index in [0.717, 1.165) is 128 Å². The van der Waals surface area contributed by atoms with Crippen molar-refractivity contribution >= 4 is 95.4 Å². The van der Waals surface area contributed by atoms with E-state index in [4.69, 9.17) is 23.4 Å². The first-order valence-electron chi connectivity index (χ1n) is 23.3. The Kier molecular flexibility index (Phi) is 8.63. The second kappa shape index (κ2) is 15.2. The average Bonchev–Trinajstić information content (AvgIpc) is 4.09. The largest absolute Gasteiger partial charge is 0.455 e. The summed E-state index contributed by atoms with van der Waals surface area (Å²) in [5.41, 5.74) is 15.5. The number of rotatable bonds is 8. The molecule has 0 radical (unpaired) electrons. The van der Waals surface area contributed by atoms with Crippen molar-refractivity contribution in [2.75, 3.05) is 17.3 Å². The van der Waals surface area contributed by atoms with Crippen molar-refractivity contribution in [1.29, 1.82) is 0 Å². The number of furan rings is 2. The fourth-order valence-electron chi connectivity index (χ4n) is 10.6. The van der Waals surface area contributed by atoms with Gasteiger partial charge >= 0.3 is 0 Å². The summed E-state index contributed by atoms with van der Waals surface area (Å²) in [6, 6.07) is 62.2. The molecule has 9 aromatic carbocycles. The molecule has 0 fully saturated rings. The van der Waals surface area contributed by atoms with E-state index < -0.39 is 0 Å². The van der Waals surface area contributed by atoms with Crippen LogP contribution in [0.25, 0.3) is 89.2 Å². The van der Waals surface area contributed by atoms with Crippen molar-refractivity contribution in [3.05, 3.63) is 218 Å². The number of aromatic nitrogens is 1. The lowest BCUT2D eigenvalue weighted by Crippen LogP contribution is -2.21. The van der Waals surface area contributed by atoms with E-state index in [2.05, 4.69) is 139 Å². The third-order valence-corrected chi connectivity index (χ3v) is 13.8. The van der Waals surface area contributed by atoms with E-state index in [0.29, 0.717) is 23.0 Å². The zero-order valence-electron chi connectivity index (χ0n) is 37.9. The Morgan fingerprint density at radius 3 is 1.76 bits per heavy atom. The van der Waals surface area contributed by atoms with Gasteiger partial charge in [0.05, 0.1) is 17.1 Å². The first kappa shape index (κ1) is 39.6. The van der Waals surface area contributed by atoms with Crippen molar-refractivity contribution in [1.82, 2.24) is 4.68 Å². The fourth-order valence-corrected chi connectivity index (χ4v) is 10.6. The Labute approximate surface area is 401 Å². The highest BCUT2D eigenvalue weighted by molar-refractivity contribution is 6.17. The van der Waals surface area contributed by atoms with Crippen LogP contribution < -0.4 is 19.7 Å². The number of anilines is 4. The van der Waals surface area contributed by atoms with E-state index in [1.165, 1.54) is 0 Å². The molecule has 2 aliphatic rings. The average molecular weight is 905 g/mol. The maximum atomic E-state index is 7.36. The Balaban J connectivity index is 1.03. The predicted octanol–water partition coefficient (Wildman–Crippen LogP) is 17.1. The maximum absolute atomic E-state index is 7.36. The van der Waals surface area contributed by atoms with Crippen molar-refractivity contribution < 1.29 is 18.3 Å². The van der Waals surface area contributed by atoms with E-state index in [-0.39, 0.29) is 0 Å². The summed E-state index contributed by atoms with van der Waals surface area (Å²) in [4.78, 5) is 2.26. The van der Waals surface area contributed by atoms with Gasteiger partial charge in [-0.05, 0) is 65.7 Å². The van der Waals surface area contributed by atoms with Crippen molar-refractivity contribution in [3.63, 3.8) is 0 Å². The van der Waals surface area contributed by atoms with Gasteiger partial charge in [-0.2, -0.15) is 5.10 Å². The van der Waals surface area contributed by atoms with Gasteiger partial charge in [0, 0.05) is 67.5 Å². The van der Waals surface area contributed by atoms with Crippen LogP contribution in [0.4, 0.5) is 22.7 Å².